The molecule has 2 aromatic heterocycles. The van der Waals surface area contributed by atoms with Gasteiger partial charge in [0.15, 0.2) is 0 Å². The van der Waals surface area contributed by atoms with E-state index in [-0.39, 0.29) is 0 Å². The molecule has 90 valence electrons. The van der Waals surface area contributed by atoms with Crippen molar-refractivity contribution in [2.24, 2.45) is 5.92 Å². The number of aryl methyl sites for hydroxylation is 1. The van der Waals surface area contributed by atoms with Gasteiger partial charge in [-0.2, -0.15) is 0 Å². The highest BCUT2D eigenvalue weighted by atomic mass is 32.1. The van der Waals surface area contributed by atoms with E-state index in [2.05, 4.69) is 16.9 Å². The number of thiophene rings is 1. The summed E-state index contributed by atoms with van der Waals surface area (Å²) in [5.74, 6) is 1.56. The molecule has 2 heterocycles. The van der Waals surface area contributed by atoms with Crippen LogP contribution in [-0.4, -0.2) is 16.6 Å². The van der Waals surface area contributed by atoms with Gasteiger partial charge < -0.3 is 4.74 Å². The molecular formula is C13H16N2OS. The van der Waals surface area contributed by atoms with Gasteiger partial charge in [-0.1, -0.05) is 6.92 Å². The van der Waals surface area contributed by atoms with Crippen molar-refractivity contribution in [3.05, 3.63) is 16.8 Å². The van der Waals surface area contributed by atoms with Crippen LogP contribution in [0.2, 0.25) is 0 Å². The predicted molar refractivity (Wildman–Crippen MR) is 69.8 cm³/mol. The molecule has 0 aromatic carbocycles. The molecule has 0 unspecified atom stereocenters. The lowest BCUT2D eigenvalue weighted by molar-refractivity contribution is 0.330. The highest BCUT2D eigenvalue weighted by Crippen LogP contribution is 2.40. The van der Waals surface area contributed by atoms with Gasteiger partial charge >= 0.3 is 0 Å². The van der Waals surface area contributed by atoms with Gasteiger partial charge in [-0.3, -0.25) is 0 Å². The number of aromatic nitrogens is 2. The first kappa shape index (κ1) is 11.0. The van der Waals surface area contributed by atoms with Gasteiger partial charge in [0, 0.05) is 4.88 Å². The fourth-order valence-electron chi connectivity index (χ4n) is 2.49. The monoisotopic (exact) mass is 248 g/mol. The number of fused-ring (bicyclic) bond motifs is 3. The first-order valence-corrected chi connectivity index (χ1v) is 6.99. The fourth-order valence-corrected chi connectivity index (χ4v) is 3.83. The van der Waals surface area contributed by atoms with Crippen molar-refractivity contribution in [3.8, 4) is 5.88 Å². The lowest BCUT2D eigenvalue weighted by Crippen LogP contribution is -2.08. The SMILES string of the molecule is CCOc1ncnc2sc3c(c12)CC[C@H](C)C3. The largest absolute Gasteiger partial charge is 0.477 e. The van der Waals surface area contributed by atoms with Crippen LogP contribution in [0, 0.1) is 5.92 Å². The number of hydrogen-bond donors (Lipinski definition) is 0. The first-order chi connectivity index (χ1) is 8.29. The Hall–Kier alpha value is -1.16. The van der Waals surface area contributed by atoms with Crippen LogP contribution in [0.3, 0.4) is 0 Å². The second kappa shape index (κ2) is 4.26. The van der Waals surface area contributed by atoms with Crippen LogP contribution in [-0.2, 0) is 12.8 Å². The van der Waals surface area contributed by atoms with E-state index in [1.54, 1.807) is 6.33 Å². The summed E-state index contributed by atoms with van der Waals surface area (Å²) in [5.41, 5.74) is 1.44. The van der Waals surface area contributed by atoms with Gasteiger partial charge in [0.1, 0.15) is 11.2 Å². The van der Waals surface area contributed by atoms with E-state index in [4.69, 9.17) is 4.74 Å². The quantitative estimate of drug-likeness (QED) is 0.818. The second-order valence-corrected chi connectivity index (χ2v) is 5.73. The molecule has 17 heavy (non-hydrogen) atoms. The number of ether oxygens (including phenoxy) is 1. The van der Waals surface area contributed by atoms with Gasteiger partial charge in [-0.25, -0.2) is 9.97 Å². The Labute approximate surface area is 105 Å². The van der Waals surface area contributed by atoms with E-state index in [0.717, 1.165) is 23.0 Å². The van der Waals surface area contributed by atoms with Crippen LogP contribution in [0.1, 0.15) is 30.7 Å². The van der Waals surface area contributed by atoms with Crippen LogP contribution in [0.25, 0.3) is 10.2 Å². The second-order valence-electron chi connectivity index (χ2n) is 4.64. The van der Waals surface area contributed by atoms with Crippen LogP contribution in [0.4, 0.5) is 0 Å². The smallest absolute Gasteiger partial charge is 0.225 e. The lowest BCUT2D eigenvalue weighted by atomic mass is 9.89. The van der Waals surface area contributed by atoms with E-state index >= 15 is 0 Å². The minimum absolute atomic E-state index is 0.660. The van der Waals surface area contributed by atoms with E-state index in [1.165, 1.54) is 28.7 Å². The zero-order valence-corrected chi connectivity index (χ0v) is 11.0. The topological polar surface area (TPSA) is 35.0 Å². The summed E-state index contributed by atoms with van der Waals surface area (Å²) >= 11 is 1.81. The highest BCUT2D eigenvalue weighted by Gasteiger charge is 2.23. The lowest BCUT2D eigenvalue weighted by Gasteiger charge is -2.18. The van der Waals surface area contributed by atoms with Crippen molar-refractivity contribution in [2.45, 2.75) is 33.1 Å². The van der Waals surface area contributed by atoms with Gasteiger partial charge in [-0.05, 0) is 37.7 Å². The Morgan fingerprint density at radius 1 is 1.47 bits per heavy atom. The van der Waals surface area contributed by atoms with E-state index in [0.29, 0.717) is 6.61 Å². The van der Waals surface area contributed by atoms with Crippen molar-refractivity contribution in [1.82, 2.24) is 9.97 Å². The number of rotatable bonds is 2. The van der Waals surface area contributed by atoms with Crippen LogP contribution in [0.5, 0.6) is 5.88 Å². The zero-order valence-electron chi connectivity index (χ0n) is 10.2. The molecule has 1 atom stereocenters. The molecule has 1 aliphatic carbocycles. The predicted octanol–water partition coefficient (Wildman–Crippen LogP) is 3.21. The normalized spacial score (nSPS) is 19.3. The molecule has 1 aliphatic rings. The summed E-state index contributed by atoms with van der Waals surface area (Å²) in [6.07, 6.45) is 5.20. The molecule has 0 saturated carbocycles. The third kappa shape index (κ3) is 1.80. The molecule has 0 aliphatic heterocycles. The molecule has 0 spiro atoms. The van der Waals surface area contributed by atoms with Crippen molar-refractivity contribution in [3.63, 3.8) is 0 Å². The molecule has 3 rings (SSSR count). The van der Waals surface area contributed by atoms with Crippen molar-refractivity contribution in [1.29, 1.82) is 0 Å². The highest BCUT2D eigenvalue weighted by molar-refractivity contribution is 7.18. The summed E-state index contributed by atoms with van der Waals surface area (Å²) in [7, 11) is 0. The molecule has 3 nitrogen and oxygen atoms in total. The van der Waals surface area contributed by atoms with E-state index in [1.807, 2.05) is 18.3 Å². The fraction of sp³-hybridized carbons (Fsp3) is 0.538. The molecule has 0 radical (unpaired) electrons. The molecule has 0 amide bonds. The molecule has 4 heteroatoms. The Morgan fingerprint density at radius 2 is 2.35 bits per heavy atom. The van der Waals surface area contributed by atoms with Crippen molar-refractivity contribution in [2.75, 3.05) is 6.61 Å². The van der Waals surface area contributed by atoms with Crippen LogP contribution in [0.15, 0.2) is 6.33 Å². The summed E-state index contributed by atoms with van der Waals surface area (Å²) in [4.78, 5) is 11.2. The molecule has 0 saturated heterocycles. The Morgan fingerprint density at radius 3 is 3.18 bits per heavy atom. The average molecular weight is 248 g/mol. The van der Waals surface area contributed by atoms with E-state index in [9.17, 15) is 0 Å². The summed E-state index contributed by atoms with van der Waals surface area (Å²) in [6.45, 7) is 4.98. The standard InChI is InChI=1S/C13H16N2OS/c1-3-16-12-11-9-5-4-8(2)6-10(9)17-13(11)15-7-14-12/h7-8H,3-6H2,1-2H3/t8-/m0/s1. The minimum atomic E-state index is 0.660. The molecule has 2 aromatic rings. The van der Waals surface area contributed by atoms with Gasteiger partial charge in [0.25, 0.3) is 0 Å². The molecule has 0 N–H and O–H groups in total. The molecule has 0 bridgehead atoms. The third-order valence-corrected chi connectivity index (χ3v) is 4.50. The minimum Gasteiger partial charge on any atom is -0.477 e. The average Bonchev–Trinajstić information content (AvgIpc) is 2.67. The summed E-state index contributed by atoms with van der Waals surface area (Å²) in [6, 6.07) is 0. The Bertz CT molecular complexity index is 550. The van der Waals surface area contributed by atoms with Crippen LogP contribution < -0.4 is 4.74 Å². The van der Waals surface area contributed by atoms with E-state index < -0.39 is 0 Å². The first-order valence-electron chi connectivity index (χ1n) is 6.17. The van der Waals surface area contributed by atoms with Gasteiger partial charge in [-0.15, -0.1) is 11.3 Å². The molecular weight excluding hydrogens is 232 g/mol. The van der Waals surface area contributed by atoms with Gasteiger partial charge in [0.2, 0.25) is 5.88 Å². The zero-order chi connectivity index (χ0) is 11.8. The summed E-state index contributed by atoms with van der Waals surface area (Å²) in [5, 5.41) is 1.17. The third-order valence-electron chi connectivity index (χ3n) is 3.34. The number of nitrogens with zero attached hydrogens (tertiary/aromatic N) is 2. The maximum Gasteiger partial charge on any atom is 0.225 e. The maximum atomic E-state index is 5.63. The Balaban J connectivity index is 2.18. The van der Waals surface area contributed by atoms with Crippen molar-refractivity contribution >= 4 is 21.6 Å². The maximum absolute atomic E-state index is 5.63. The van der Waals surface area contributed by atoms with Crippen LogP contribution >= 0.6 is 11.3 Å². The van der Waals surface area contributed by atoms with Gasteiger partial charge in [0.05, 0.1) is 12.0 Å². The summed E-state index contributed by atoms with van der Waals surface area (Å²) < 4.78 is 5.63. The van der Waals surface area contributed by atoms with Crippen molar-refractivity contribution < 1.29 is 4.74 Å². The number of hydrogen-bond acceptors (Lipinski definition) is 4. The molecule has 0 fully saturated rings. The Kier molecular flexibility index (Phi) is 2.74.